The molecule has 0 aliphatic heterocycles. The minimum atomic E-state index is -1.18. The number of hydrogen-bond donors (Lipinski definition) is 1. The molecule has 6 nitrogen and oxygen atoms in total. The molecule has 1 N–H and O–H groups in total. The van der Waals surface area contributed by atoms with Crippen molar-refractivity contribution in [2.45, 2.75) is 20.4 Å². The molecule has 0 saturated heterocycles. The molecule has 82 valence electrons. The van der Waals surface area contributed by atoms with Crippen LogP contribution < -0.4 is 0 Å². The summed E-state index contributed by atoms with van der Waals surface area (Å²) in [5.41, 5.74) is -0.276. The highest BCUT2D eigenvalue weighted by molar-refractivity contribution is 6.00. The van der Waals surface area contributed by atoms with Crippen molar-refractivity contribution in [1.82, 2.24) is 9.78 Å². The van der Waals surface area contributed by atoms with Crippen LogP contribution in [0.1, 0.15) is 34.7 Å². The van der Waals surface area contributed by atoms with E-state index < -0.39 is 11.9 Å². The molecule has 0 aliphatic carbocycles. The Balaban J connectivity index is 3.09. The largest absolute Gasteiger partial charge is 0.478 e. The maximum absolute atomic E-state index is 11.3. The van der Waals surface area contributed by atoms with E-state index in [1.807, 2.05) is 0 Å². The van der Waals surface area contributed by atoms with E-state index >= 15 is 0 Å². The van der Waals surface area contributed by atoms with Gasteiger partial charge in [0.05, 0.1) is 6.61 Å². The third kappa shape index (κ3) is 2.34. The van der Waals surface area contributed by atoms with Crippen LogP contribution in [0.15, 0.2) is 6.20 Å². The van der Waals surface area contributed by atoms with Crippen molar-refractivity contribution in [1.29, 1.82) is 0 Å². The van der Waals surface area contributed by atoms with Gasteiger partial charge in [-0.25, -0.2) is 9.59 Å². The van der Waals surface area contributed by atoms with E-state index in [2.05, 4.69) is 5.10 Å². The van der Waals surface area contributed by atoms with Crippen LogP contribution in [0.3, 0.4) is 0 Å². The first-order chi connectivity index (χ1) is 7.10. The number of aromatic nitrogens is 2. The second-order valence-electron chi connectivity index (χ2n) is 2.77. The summed E-state index contributed by atoms with van der Waals surface area (Å²) in [5, 5.41) is 12.7. The fourth-order valence-corrected chi connectivity index (χ4v) is 1.09. The van der Waals surface area contributed by atoms with Crippen molar-refractivity contribution in [3.63, 3.8) is 0 Å². The van der Waals surface area contributed by atoms with Crippen molar-refractivity contribution in [3.8, 4) is 0 Å². The molecule has 0 unspecified atom stereocenters. The molecule has 0 aliphatic rings. The lowest BCUT2D eigenvalue weighted by molar-refractivity contribution is 0.0507. The van der Waals surface area contributed by atoms with Gasteiger partial charge in [-0.2, -0.15) is 5.10 Å². The summed E-state index contributed by atoms with van der Waals surface area (Å²) in [7, 11) is 0. The fourth-order valence-electron chi connectivity index (χ4n) is 1.09. The van der Waals surface area contributed by atoms with Crippen molar-refractivity contribution >= 4 is 11.9 Å². The molecule has 1 rings (SSSR count). The molecule has 0 saturated carbocycles. The number of rotatable bonds is 4. The zero-order chi connectivity index (χ0) is 11.4. The van der Waals surface area contributed by atoms with Crippen LogP contribution in [-0.4, -0.2) is 33.4 Å². The molecule has 0 fully saturated rings. The summed E-state index contributed by atoms with van der Waals surface area (Å²) < 4.78 is 6.08. The lowest BCUT2D eigenvalue weighted by Crippen LogP contribution is -2.11. The average Bonchev–Trinajstić information content (AvgIpc) is 2.61. The number of aryl methyl sites for hydroxylation is 1. The maximum atomic E-state index is 11.3. The van der Waals surface area contributed by atoms with Crippen molar-refractivity contribution < 1.29 is 19.4 Å². The molecule has 1 heterocycles. The predicted molar refractivity (Wildman–Crippen MR) is 50.8 cm³/mol. The zero-order valence-electron chi connectivity index (χ0n) is 8.56. The van der Waals surface area contributed by atoms with Crippen LogP contribution in [-0.2, 0) is 11.3 Å². The number of hydrogen-bond acceptors (Lipinski definition) is 4. The minimum Gasteiger partial charge on any atom is -0.478 e. The number of nitrogens with zero attached hydrogens (tertiary/aromatic N) is 2. The molecule has 15 heavy (non-hydrogen) atoms. The lowest BCUT2D eigenvalue weighted by atomic mass is 10.2. The topological polar surface area (TPSA) is 81.4 Å². The monoisotopic (exact) mass is 212 g/mol. The van der Waals surface area contributed by atoms with Gasteiger partial charge >= 0.3 is 11.9 Å². The Bertz CT molecular complexity index is 383. The number of carboxylic acids is 1. The van der Waals surface area contributed by atoms with Gasteiger partial charge in [0.15, 0.2) is 5.69 Å². The van der Waals surface area contributed by atoms with Gasteiger partial charge in [-0.15, -0.1) is 0 Å². The van der Waals surface area contributed by atoms with E-state index in [4.69, 9.17) is 9.84 Å². The second-order valence-corrected chi connectivity index (χ2v) is 2.77. The molecule has 6 heteroatoms. The van der Waals surface area contributed by atoms with E-state index in [0.29, 0.717) is 6.54 Å². The van der Waals surface area contributed by atoms with Gasteiger partial charge < -0.3 is 9.84 Å². The van der Waals surface area contributed by atoms with Gasteiger partial charge in [0.25, 0.3) is 0 Å². The van der Waals surface area contributed by atoms with Gasteiger partial charge in [-0.1, -0.05) is 0 Å². The Kier molecular flexibility index (Phi) is 3.43. The number of aromatic carboxylic acids is 1. The summed E-state index contributed by atoms with van der Waals surface area (Å²) in [6.45, 7) is 4.14. The normalized spacial score (nSPS) is 10.0. The van der Waals surface area contributed by atoms with E-state index in [-0.39, 0.29) is 17.9 Å². The summed E-state index contributed by atoms with van der Waals surface area (Å²) in [4.78, 5) is 22.1. The van der Waals surface area contributed by atoms with Crippen molar-refractivity contribution in [2.75, 3.05) is 6.61 Å². The zero-order valence-corrected chi connectivity index (χ0v) is 8.56. The second kappa shape index (κ2) is 4.59. The molecule has 0 bridgehead atoms. The first-order valence-electron chi connectivity index (χ1n) is 4.58. The standard InChI is InChI=1S/C9H12N2O4/c1-3-11-5-6(8(12)13)7(10-11)9(14)15-4-2/h5H,3-4H2,1-2H3,(H,12,13). The van der Waals surface area contributed by atoms with Crippen LogP contribution in [0, 0.1) is 0 Å². The third-order valence-electron chi connectivity index (χ3n) is 1.78. The quantitative estimate of drug-likeness (QED) is 0.746. The Morgan fingerprint density at radius 2 is 2.20 bits per heavy atom. The highest BCUT2D eigenvalue weighted by atomic mass is 16.5. The smallest absolute Gasteiger partial charge is 0.359 e. The highest BCUT2D eigenvalue weighted by Gasteiger charge is 2.22. The molecule has 0 aromatic carbocycles. The molecule has 0 amide bonds. The summed E-state index contributed by atoms with van der Waals surface area (Å²) >= 11 is 0. The molecule has 1 aromatic heterocycles. The maximum Gasteiger partial charge on any atom is 0.359 e. The number of esters is 1. The molecule has 0 radical (unpaired) electrons. The van der Waals surface area contributed by atoms with Gasteiger partial charge in [-0.3, -0.25) is 4.68 Å². The summed E-state index contributed by atoms with van der Waals surface area (Å²) in [6.07, 6.45) is 1.31. The lowest BCUT2D eigenvalue weighted by Gasteiger charge is -1.98. The van der Waals surface area contributed by atoms with Crippen LogP contribution in [0.4, 0.5) is 0 Å². The number of carbonyl (C=O) groups excluding carboxylic acids is 1. The van der Waals surface area contributed by atoms with Gasteiger partial charge in [-0.05, 0) is 13.8 Å². The molecular formula is C9H12N2O4. The number of carbonyl (C=O) groups is 2. The molecule has 1 aromatic rings. The third-order valence-corrected chi connectivity index (χ3v) is 1.78. The van der Waals surface area contributed by atoms with E-state index in [9.17, 15) is 9.59 Å². The van der Waals surface area contributed by atoms with Crippen LogP contribution in [0.25, 0.3) is 0 Å². The fraction of sp³-hybridized carbons (Fsp3) is 0.444. The van der Waals surface area contributed by atoms with E-state index in [1.165, 1.54) is 10.9 Å². The molecular weight excluding hydrogens is 200 g/mol. The Hall–Kier alpha value is -1.85. The predicted octanol–water partition coefficient (Wildman–Crippen LogP) is 0.778. The average molecular weight is 212 g/mol. The SMILES string of the molecule is CCOC(=O)c1nn(CC)cc1C(=O)O. The first kappa shape index (κ1) is 11.2. The summed E-state index contributed by atoms with van der Waals surface area (Å²) in [6, 6.07) is 0. The Morgan fingerprint density at radius 3 is 2.67 bits per heavy atom. The van der Waals surface area contributed by atoms with E-state index in [1.54, 1.807) is 13.8 Å². The van der Waals surface area contributed by atoms with E-state index in [0.717, 1.165) is 0 Å². The molecule has 0 atom stereocenters. The first-order valence-corrected chi connectivity index (χ1v) is 4.58. The Labute approximate surface area is 86.5 Å². The van der Waals surface area contributed by atoms with Gasteiger partial charge in [0.2, 0.25) is 0 Å². The van der Waals surface area contributed by atoms with Crippen molar-refractivity contribution in [2.24, 2.45) is 0 Å². The minimum absolute atomic E-state index is 0.129. The van der Waals surface area contributed by atoms with Crippen LogP contribution in [0.2, 0.25) is 0 Å². The van der Waals surface area contributed by atoms with Crippen LogP contribution >= 0.6 is 0 Å². The highest BCUT2D eigenvalue weighted by Crippen LogP contribution is 2.08. The number of carboxylic acid groups (broad SMARTS) is 1. The van der Waals surface area contributed by atoms with Crippen molar-refractivity contribution in [3.05, 3.63) is 17.5 Å². The number of ether oxygens (including phenoxy) is 1. The van der Waals surface area contributed by atoms with Gasteiger partial charge in [0, 0.05) is 12.7 Å². The van der Waals surface area contributed by atoms with Crippen LogP contribution in [0.5, 0.6) is 0 Å². The summed E-state index contributed by atoms with van der Waals surface area (Å²) in [5.74, 6) is -1.89. The Morgan fingerprint density at radius 1 is 1.53 bits per heavy atom. The molecule has 0 spiro atoms. The van der Waals surface area contributed by atoms with Gasteiger partial charge in [0.1, 0.15) is 5.56 Å².